The van der Waals surface area contributed by atoms with Crippen LogP contribution in [0.25, 0.3) is 0 Å². The van der Waals surface area contributed by atoms with Crippen LogP contribution < -0.4 is 20.5 Å². The van der Waals surface area contributed by atoms with E-state index in [0.717, 1.165) is 5.56 Å². The minimum absolute atomic E-state index is 0.112. The summed E-state index contributed by atoms with van der Waals surface area (Å²) in [5, 5.41) is 2.68. The van der Waals surface area contributed by atoms with E-state index >= 15 is 0 Å². The number of hydrogen-bond acceptors (Lipinski definition) is 6. The number of nitrogens with one attached hydrogen (secondary N) is 1. The molecule has 1 amide bonds. The van der Waals surface area contributed by atoms with Crippen molar-refractivity contribution in [3.05, 3.63) is 54.1 Å². The van der Waals surface area contributed by atoms with E-state index in [1.165, 1.54) is 12.1 Å². The van der Waals surface area contributed by atoms with Crippen molar-refractivity contribution in [2.24, 2.45) is 5.73 Å². The Balaban J connectivity index is 1.53. The molecule has 2 aromatic carbocycles. The van der Waals surface area contributed by atoms with Crippen molar-refractivity contribution < 1.29 is 22.7 Å². The molecule has 0 saturated carbocycles. The predicted octanol–water partition coefficient (Wildman–Crippen LogP) is 1.44. The maximum Gasteiger partial charge on any atom is 0.221 e. The van der Waals surface area contributed by atoms with Crippen molar-refractivity contribution in [2.75, 3.05) is 25.5 Å². The number of rotatable bonds is 7. The lowest BCUT2D eigenvalue weighted by molar-refractivity contribution is -0.120. The van der Waals surface area contributed by atoms with Gasteiger partial charge in [0.1, 0.15) is 13.2 Å². The topological polar surface area (TPSA) is 108 Å². The van der Waals surface area contributed by atoms with Gasteiger partial charge in [-0.25, -0.2) is 8.42 Å². The largest absolute Gasteiger partial charge is 0.486 e. The summed E-state index contributed by atoms with van der Waals surface area (Å²) < 4.78 is 35.8. The number of hydrogen-bond donors (Lipinski definition) is 2. The van der Waals surface area contributed by atoms with Crippen LogP contribution in [0.2, 0.25) is 0 Å². The van der Waals surface area contributed by atoms with Gasteiger partial charge in [-0.3, -0.25) is 4.79 Å². The Labute approximate surface area is 158 Å². The van der Waals surface area contributed by atoms with Crippen LogP contribution in [-0.2, 0) is 14.6 Å². The van der Waals surface area contributed by atoms with Crippen molar-refractivity contribution in [1.29, 1.82) is 0 Å². The Hall–Kier alpha value is -2.58. The average Bonchev–Trinajstić information content (AvgIpc) is 2.70. The van der Waals surface area contributed by atoms with E-state index in [4.69, 9.17) is 15.2 Å². The Bertz CT molecular complexity index is 900. The molecule has 0 radical (unpaired) electrons. The zero-order valence-corrected chi connectivity index (χ0v) is 15.6. The number of ether oxygens (including phenoxy) is 2. The second kappa shape index (κ2) is 8.41. The summed E-state index contributed by atoms with van der Waals surface area (Å²) in [5.41, 5.74) is 6.93. The van der Waals surface area contributed by atoms with E-state index in [1.54, 1.807) is 6.07 Å². The van der Waals surface area contributed by atoms with Crippen molar-refractivity contribution in [3.63, 3.8) is 0 Å². The zero-order chi connectivity index (χ0) is 19.3. The quantitative estimate of drug-likeness (QED) is 0.741. The summed E-state index contributed by atoms with van der Waals surface area (Å²) in [5.74, 6) is 0.273. The maximum absolute atomic E-state index is 12.5. The number of sulfone groups is 1. The molecule has 0 saturated heterocycles. The van der Waals surface area contributed by atoms with Gasteiger partial charge < -0.3 is 20.5 Å². The highest BCUT2D eigenvalue weighted by Crippen LogP contribution is 2.32. The zero-order valence-electron chi connectivity index (χ0n) is 14.8. The van der Waals surface area contributed by atoms with Gasteiger partial charge in [0.15, 0.2) is 21.3 Å². The van der Waals surface area contributed by atoms with Crippen LogP contribution in [0.1, 0.15) is 18.0 Å². The highest BCUT2D eigenvalue weighted by Gasteiger charge is 2.20. The van der Waals surface area contributed by atoms with Gasteiger partial charge in [-0.05, 0) is 17.7 Å². The van der Waals surface area contributed by atoms with Crippen molar-refractivity contribution in [2.45, 2.75) is 17.4 Å². The third-order valence-electron chi connectivity index (χ3n) is 4.22. The van der Waals surface area contributed by atoms with Crippen LogP contribution in [0.5, 0.6) is 11.5 Å². The van der Waals surface area contributed by atoms with Gasteiger partial charge >= 0.3 is 0 Å². The van der Waals surface area contributed by atoms with Crippen molar-refractivity contribution >= 4 is 15.7 Å². The third-order valence-corrected chi connectivity index (χ3v) is 5.93. The number of amides is 1. The Kier molecular flexibility index (Phi) is 5.98. The summed E-state index contributed by atoms with van der Waals surface area (Å²) in [4.78, 5) is 12.1. The maximum atomic E-state index is 12.5. The first-order chi connectivity index (χ1) is 13.0. The fourth-order valence-corrected chi connectivity index (χ4v) is 3.94. The average molecular weight is 390 g/mol. The van der Waals surface area contributed by atoms with Gasteiger partial charge in [-0.15, -0.1) is 0 Å². The van der Waals surface area contributed by atoms with Crippen LogP contribution in [0.15, 0.2) is 53.4 Å². The van der Waals surface area contributed by atoms with E-state index in [1.807, 2.05) is 30.3 Å². The molecule has 8 heteroatoms. The Morgan fingerprint density at radius 3 is 2.52 bits per heavy atom. The highest BCUT2D eigenvalue weighted by atomic mass is 32.2. The molecule has 27 heavy (non-hydrogen) atoms. The Morgan fingerprint density at radius 2 is 1.78 bits per heavy atom. The first-order valence-electron chi connectivity index (χ1n) is 8.65. The second-order valence-electron chi connectivity index (χ2n) is 6.20. The molecule has 3 rings (SSSR count). The fraction of sp³-hybridized carbons (Fsp3) is 0.316. The van der Waals surface area contributed by atoms with Crippen molar-refractivity contribution in [1.82, 2.24) is 5.32 Å². The number of nitrogens with two attached hydrogens (primary N) is 1. The van der Waals surface area contributed by atoms with Gasteiger partial charge in [0.25, 0.3) is 0 Å². The molecule has 1 aliphatic heterocycles. The number of carbonyl (C=O) groups is 1. The highest BCUT2D eigenvalue weighted by molar-refractivity contribution is 7.91. The van der Waals surface area contributed by atoms with E-state index < -0.39 is 9.84 Å². The number of benzene rings is 2. The lowest BCUT2D eigenvalue weighted by Gasteiger charge is -2.18. The molecule has 0 aromatic heterocycles. The van der Waals surface area contributed by atoms with Gasteiger partial charge in [-0.1, -0.05) is 30.3 Å². The standard InChI is InChI=1S/C19H22N2O5S/c20-16(14-4-2-1-3-5-14)13-21-19(22)8-11-27(23,24)15-6-7-17-18(12-15)26-10-9-25-17/h1-7,12,16H,8-11,13,20H2,(H,21,22). The van der Waals surface area contributed by atoms with Crippen LogP contribution in [0.3, 0.4) is 0 Å². The van der Waals surface area contributed by atoms with Gasteiger partial charge in [0.2, 0.25) is 5.91 Å². The second-order valence-corrected chi connectivity index (χ2v) is 8.30. The molecule has 1 heterocycles. The molecule has 0 bridgehead atoms. The van der Waals surface area contributed by atoms with Crippen LogP contribution in [0.4, 0.5) is 0 Å². The predicted molar refractivity (Wildman–Crippen MR) is 100 cm³/mol. The lowest BCUT2D eigenvalue weighted by atomic mass is 10.1. The molecule has 144 valence electrons. The van der Waals surface area contributed by atoms with Gasteiger partial charge in [0.05, 0.1) is 10.6 Å². The third kappa shape index (κ3) is 4.99. The molecule has 1 unspecified atom stereocenters. The molecule has 0 fully saturated rings. The summed E-state index contributed by atoms with van der Waals surface area (Å²) in [7, 11) is -3.61. The minimum atomic E-state index is -3.61. The molecule has 3 N–H and O–H groups in total. The first kappa shape index (κ1) is 19.2. The van der Waals surface area contributed by atoms with E-state index in [-0.39, 0.29) is 35.6 Å². The van der Waals surface area contributed by atoms with E-state index in [9.17, 15) is 13.2 Å². The molecule has 0 spiro atoms. The first-order valence-corrected chi connectivity index (χ1v) is 10.3. The molecular weight excluding hydrogens is 368 g/mol. The molecule has 7 nitrogen and oxygen atoms in total. The van der Waals surface area contributed by atoms with Crippen LogP contribution in [0, 0.1) is 0 Å². The fourth-order valence-electron chi connectivity index (χ4n) is 2.69. The normalized spacial score (nSPS) is 14.4. The summed E-state index contributed by atoms with van der Waals surface area (Å²) in [6.07, 6.45) is -0.141. The van der Waals surface area contributed by atoms with E-state index in [0.29, 0.717) is 24.7 Å². The lowest BCUT2D eigenvalue weighted by Crippen LogP contribution is -2.32. The van der Waals surface area contributed by atoms with Gasteiger partial charge in [0, 0.05) is 25.1 Å². The van der Waals surface area contributed by atoms with E-state index in [2.05, 4.69) is 5.32 Å². The molecule has 2 aromatic rings. The molecule has 0 aliphatic carbocycles. The summed E-state index contributed by atoms with van der Waals surface area (Å²) >= 11 is 0. The monoisotopic (exact) mass is 390 g/mol. The van der Waals surface area contributed by atoms with Crippen LogP contribution in [-0.4, -0.2) is 39.8 Å². The SMILES string of the molecule is NC(CNC(=O)CCS(=O)(=O)c1ccc2c(c1)OCCO2)c1ccccc1. The summed E-state index contributed by atoms with van der Waals surface area (Å²) in [6.45, 7) is 1.05. The number of fused-ring (bicyclic) bond motifs is 1. The minimum Gasteiger partial charge on any atom is -0.486 e. The smallest absolute Gasteiger partial charge is 0.221 e. The molecule has 1 aliphatic rings. The summed E-state index contributed by atoms with van der Waals surface area (Å²) in [6, 6.07) is 13.5. The number of carbonyl (C=O) groups excluding carboxylic acids is 1. The molecular formula is C19H22N2O5S. The van der Waals surface area contributed by atoms with Gasteiger partial charge in [-0.2, -0.15) is 0 Å². The Morgan fingerprint density at radius 1 is 1.07 bits per heavy atom. The molecule has 1 atom stereocenters. The van der Waals surface area contributed by atoms with Crippen LogP contribution >= 0.6 is 0 Å². The van der Waals surface area contributed by atoms with Crippen molar-refractivity contribution in [3.8, 4) is 11.5 Å².